The molecule has 24 heavy (non-hydrogen) atoms. The van der Waals surface area contributed by atoms with E-state index in [2.05, 4.69) is 0 Å². The second kappa shape index (κ2) is 6.46. The molecule has 0 heterocycles. The van der Waals surface area contributed by atoms with Crippen LogP contribution in [-0.2, 0) is 10.0 Å². The quantitative estimate of drug-likeness (QED) is 0.635. The highest BCUT2D eigenvalue weighted by molar-refractivity contribution is 7.93. The maximum Gasteiger partial charge on any atom is 0.271 e. The average molecular weight is 390 g/mol. The lowest BCUT2D eigenvalue weighted by Gasteiger charge is -2.18. The van der Waals surface area contributed by atoms with Crippen molar-refractivity contribution in [2.24, 2.45) is 0 Å². The lowest BCUT2D eigenvalue weighted by molar-refractivity contribution is -0.385. The Kier molecular flexibility index (Phi) is 4.93. The molecule has 128 valence electrons. The van der Waals surface area contributed by atoms with Gasteiger partial charge in [0.15, 0.2) is 0 Å². The number of nitrogens with zero attached hydrogens (tertiary/aromatic N) is 1. The smallest absolute Gasteiger partial charge is 0.271 e. The third-order valence-corrected chi connectivity index (χ3v) is 5.80. The maximum atomic E-state index is 12.6. The van der Waals surface area contributed by atoms with Crippen LogP contribution in [0.25, 0.3) is 0 Å². The van der Waals surface area contributed by atoms with E-state index in [-0.39, 0.29) is 20.5 Å². The van der Waals surface area contributed by atoms with Crippen molar-refractivity contribution in [2.75, 3.05) is 4.72 Å². The monoisotopic (exact) mass is 389 g/mol. The number of aryl methyl sites for hydroxylation is 1. The number of benzene rings is 2. The molecule has 7 nitrogen and oxygen atoms in total. The number of non-ortho nitro benzene ring substituents is 1. The summed E-state index contributed by atoms with van der Waals surface area (Å²) in [5.41, 5.74) is -0.221. The highest BCUT2D eigenvalue weighted by Crippen LogP contribution is 2.35. The molecule has 0 bridgehead atoms. The van der Waals surface area contributed by atoms with Gasteiger partial charge in [0, 0.05) is 22.8 Å². The largest absolute Gasteiger partial charge is 0.871 e. The molecule has 0 atom stereocenters. The zero-order valence-electron chi connectivity index (χ0n) is 12.5. The van der Waals surface area contributed by atoms with Gasteiger partial charge in [-0.05, 0) is 31.0 Å². The lowest BCUT2D eigenvalue weighted by atomic mass is 10.2. The Bertz CT molecular complexity index is 918. The van der Waals surface area contributed by atoms with Crippen LogP contribution in [0.4, 0.5) is 11.4 Å². The van der Waals surface area contributed by atoms with E-state index in [0.29, 0.717) is 5.56 Å². The molecule has 0 radical (unpaired) electrons. The Labute approximate surface area is 148 Å². The summed E-state index contributed by atoms with van der Waals surface area (Å²) in [4.78, 5) is 9.77. The summed E-state index contributed by atoms with van der Waals surface area (Å²) in [6.07, 6.45) is 0. The van der Waals surface area contributed by atoms with Crippen molar-refractivity contribution < 1.29 is 18.4 Å². The summed E-state index contributed by atoms with van der Waals surface area (Å²) in [5, 5.41) is 22.7. The van der Waals surface area contributed by atoms with Crippen molar-refractivity contribution in [1.29, 1.82) is 0 Å². The summed E-state index contributed by atoms with van der Waals surface area (Å²) >= 11 is 12.1. The molecule has 0 aliphatic carbocycles. The number of anilines is 1. The van der Waals surface area contributed by atoms with Gasteiger partial charge in [0.05, 0.1) is 9.95 Å². The number of halogens is 2. The number of nitro benzene ring substituents is 1. The van der Waals surface area contributed by atoms with E-state index in [1.807, 2.05) is 4.72 Å². The van der Waals surface area contributed by atoms with Gasteiger partial charge < -0.3 is 5.11 Å². The van der Waals surface area contributed by atoms with Crippen LogP contribution in [0.2, 0.25) is 10.0 Å². The molecule has 0 aromatic heterocycles. The molecule has 2 aromatic rings. The number of hydrogen-bond acceptors (Lipinski definition) is 5. The second-order valence-corrected chi connectivity index (χ2v) is 7.39. The van der Waals surface area contributed by atoms with Crippen molar-refractivity contribution in [3.8, 4) is 5.75 Å². The zero-order valence-corrected chi connectivity index (χ0v) is 14.8. The normalized spacial score (nSPS) is 11.3. The van der Waals surface area contributed by atoms with Gasteiger partial charge in [-0.1, -0.05) is 35.0 Å². The molecular weight excluding hydrogens is 379 g/mol. The Morgan fingerprint density at radius 1 is 1.17 bits per heavy atom. The third kappa shape index (κ3) is 3.40. The van der Waals surface area contributed by atoms with Gasteiger partial charge in [-0.2, -0.15) is 0 Å². The minimum atomic E-state index is -4.27. The topological polar surface area (TPSA) is 112 Å². The van der Waals surface area contributed by atoms with Gasteiger partial charge in [0.1, 0.15) is 4.90 Å². The average Bonchev–Trinajstić information content (AvgIpc) is 2.47. The van der Waals surface area contributed by atoms with Crippen molar-refractivity contribution in [3.05, 3.63) is 55.6 Å². The molecule has 0 aliphatic heterocycles. The van der Waals surface area contributed by atoms with E-state index in [4.69, 9.17) is 23.2 Å². The van der Waals surface area contributed by atoms with Crippen molar-refractivity contribution in [1.82, 2.24) is 0 Å². The minimum Gasteiger partial charge on any atom is -0.871 e. The Morgan fingerprint density at radius 3 is 2.38 bits per heavy atom. The molecule has 10 heteroatoms. The molecule has 0 spiro atoms. The van der Waals surface area contributed by atoms with Gasteiger partial charge in [-0.15, -0.1) is 0 Å². The molecule has 0 amide bonds. The van der Waals surface area contributed by atoms with Crippen LogP contribution in [0.5, 0.6) is 5.75 Å². The number of nitro groups is 1. The third-order valence-electron chi connectivity index (χ3n) is 3.27. The molecule has 1 N–H and O–H groups in total. The van der Waals surface area contributed by atoms with E-state index in [1.54, 1.807) is 6.92 Å². The maximum absolute atomic E-state index is 12.6. The van der Waals surface area contributed by atoms with Crippen molar-refractivity contribution in [2.45, 2.75) is 18.7 Å². The van der Waals surface area contributed by atoms with Crippen LogP contribution in [0.1, 0.15) is 11.1 Å². The van der Waals surface area contributed by atoms with Gasteiger partial charge in [0.25, 0.3) is 15.7 Å². The Morgan fingerprint density at radius 2 is 1.79 bits per heavy atom. The van der Waals surface area contributed by atoms with E-state index < -0.39 is 32.1 Å². The van der Waals surface area contributed by atoms with Crippen molar-refractivity contribution >= 4 is 44.6 Å². The molecule has 0 unspecified atom stereocenters. The van der Waals surface area contributed by atoms with E-state index in [9.17, 15) is 23.6 Å². The molecule has 0 saturated carbocycles. The molecule has 0 aliphatic rings. The summed E-state index contributed by atoms with van der Waals surface area (Å²) in [6.45, 7) is 3.05. The summed E-state index contributed by atoms with van der Waals surface area (Å²) < 4.78 is 27.3. The zero-order chi connectivity index (χ0) is 18.2. The van der Waals surface area contributed by atoms with Gasteiger partial charge in [0.2, 0.25) is 0 Å². The molecule has 0 saturated heterocycles. The van der Waals surface area contributed by atoms with E-state index in [1.165, 1.54) is 13.0 Å². The predicted octanol–water partition coefficient (Wildman–Crippen LogP) is 3.39. The minimum absolute atomic E-state index is 0.0396. The Hall–Kier alpha value is -2.03. The highest BCUT2D eigenvalue weighted by atomic mass is 35.5. The van der Waals surface area contributed by atoms with Crippen LogP contribution < -0.4 is 9.83 Å². The van der Waals surface area contributed by atoms with Crippen LogP contribution in [-0.4, -0.2) is 13.3 Å². The SMILES string of the molecule is Cc1cc(Cl)c(C)c(S(=O)(=O)Nc2cc([N+](=O)[O-])ccc2[O-])c1Cl. The van der Waals surface area contributed by atoms with Gasteiger partial charge >= 0.3 is 0 Å². The number of hydrogen-bond donors (Lipinski definition) is 1. The highest BCUT2D eigenvalue weighted by Gasteiger charge is 2.24. The molecule has 2 aromatic carbocycles. The second-order valence-electron chi connectivity index (χ2n) is 4.99. The number of nitrogens with one attached hydrogen (secondary N) is 1. The Balaban J connectivity index is 2.59. The van der Waals surface area contributed by atoms with Crippen LogP contribution in [0, 0.1) is 24.0 Å². The summed E-state index contributed by atoms with van der Waals surface area (Å²) in [5.74, 6) is -0.711. The van der Waals surface area contributed by atoms with Gasteiger partial charge in [-0.3, -0.25) is 14.8 Å². The standard InChI is InChI=1S/C14H12Cl2N2O5S/c1-7-5-10(15)8(2)14(13(7)16)24(22,23)17-11-6-9(18(20)21)3-4-12(11)19/h3-6,17,19H,1-2H3/p-1. The summed E-state index contributed by atoms with van der Waals surface area (Å²) in [6, 6.07) is 4.26. The van der Waals surface area contributed by atoms with E-state index in [0.717, 1.165) is 18.2 Å². The first-order chi connectivity index (χ1) is 11.0. The van der Waals surface area contributed by atoms with Crippen LogP contribution in [0.15, 0.2) is 29.2 Å². The first-order valence-electron chi connectivity index (χ1n) is 6.48. The van der Waals surface area contributed by atoms with Gasteiger partial charge in [-0.25, -0.2) is 8.42 Å². The molecule has 2 rings (SSSR count). The van der Waals surface area contributed by atoms with E-state index >= 15 is 0 Å². The lowest BCUT2D eigenvalue weighted by Crippen LogP contribution is -2.17. The predicted molar refractivity (Wildman–Crippen MR) is 89.3 cm³/mol. The molecular formula is C14H11Cl2N2O5S-. The first kappa shape index (κ1) is 18.3. The fourth-order valence-electron chi connectivity index (χ4n) is 2.04. The van der Waals surface area contributed by atoms with Crippen LogP contribution >= 0.6 is 23.2 Å². The molecule has 0 fully saturated rings. The first-order valence-corrected chi connectivity index (χ1v) is 8.72. The fourth-order valence-corrected chi connectivity index (χ4v) is 4.32. The van der Waals surface area contributed by atoms with Crippen molar-refractivity contribution in [3.63, 3.8) is 0 Å². The summed E-state index contributed by atoms with van der Waals surface area (Å²) in [7, 11) is -4.27. The fraction of sp³-hybridized carbons (Fsp3) is 0.143. The van der Waals surface area contributed by atoms with Crippen LogP contribution in [0.3, 0.4) is 0 Å². The number of sulfonamides is 1. The number of rotatable bonds is 4.